The van der Waals surface area contributed by atoms with Gasteiger partial charge in [-0.15, -0.1) is 0 Å². The quantitative estimate of drug-likeness (QED) is 0.813. The van der Waals surface area contributed by atoms with Crippen LogP contribution >= 0.6 is 0 Å². The van der Waals surface area contributed by atoms with Crippen molar-refractivity contribution in [3.8, 4) is 0 Å². The topological polar surface area (TPSA) is 75.4 Å². The lowest BCUT2D eigenvalue weighted by atomic mass is 10.1. The molecule has 1 unspecified atom stereocenters. The maximum atomic E-state index is 11.8. The van der Waals surface area contributed by atoms with Crippen LogP contribution in [0, 0.1) is 5.92 Å². The van der Waals surface area contributed by atoms with E-state index in [-0.39, 0.29) is 18.4 Å². The Morgan fingerprint density at radius 3 is 2.68 bits per heavy atom. The van der Waals surface area contributed by atoms with Crippen LogP contribution in [0.1, 0.15) is 16.8 Å². The first-order valence-electron chi connectivity index (χ1n) is 6.50. The molecular formula is C14H19N3O2. The summed E-state index contributed by atoms with van der Waals surface area (Å²) in [6.45, 7) is 2.62. The molecular weight excluding hydrogens is 242 g/mol. The predicted molar refractivity (Wildman–Crippen MR) is 72.5 cm³/mol. The number of benzene rings is 1. The van der Waals surface area contributed by atoms with Crippen LogP contribution in [0.3, 0.4) is 0 Å². The molecule has 1 aromatic rings. The Hall–Kier alpha value is -1.72. The SMILES string of the molecule is NCC1CCN(CC(=O)NC(=O)c2ccccc2)C1. The highest BCUT2D eigenvalue weighted by molar-refractivity contribution is 6.05. The first-order chi connectivity index (χ1) is 9.19. The van der Waals surface area contributed by atoms with Crippen molar-refractivity contribution < 1.29 is 9.59 Å². The monoisotopic (exact) mass is 261 g/mol. The van der Waals surface area contributed by atoms with Crippen LogP contribution in [0.2, 0.25) is 0 Å². The van der Waals surface area contributed by atoms with E-state index in [1.807, 2.05) is 11.0 Å². The van der Waals surface area contributed by atoms with Gasteiger partial charge in [0.1, 0.15) is 0 Å². The first kappa shape index (κ1) is 13.7. The van der Waals surface area contributed by atoms with Crippen LogP contribution in [0.25, 0.3) is 0 Å². The summed E-state index contributed by atoms with van der Waals surface area (Å²) in [5.41, 5.74) is 6.10. The van der Waals surface area contributed by atoms with Crippen LogP contribution in [-0.2, 0) is 4.79 Å². The number of imide groups is 1. The molecule has 1 heterocycles. The number of nitrogens with one attached hydrogen (secondary N) is 1. The first-order valence-corrected chi connectivity index (χ1v) is 6.50. The van der Waals surface area contributed by atoms with E-state index in [0.29, 0.717) is 18.0 Å². The van der Waals surface area contributed by atoms with Crippen LogP contribution < -0.4 is 11.1 Å². The molecule has 1 aliphatic rings. The number of amides is 2. The predicted octanol–water partition coefficient (Wildman–Crippen LogP) is 0.224. The smallest absolute Gasteiger partial charge is 0.257 e. The highest BCUT2D eigenvalue weighted by atomic mass is 16.2. The second kappa shape index (κ2) is 6.45. The summed E-state index contributed by atoms with van der Waals surface area (Å²) in [4.78, 5) is 25.6. The summed E-state index contributed by atoms with van der Waals surface area (Å²) in [6, 6.07) is 8.74. The fourth-order valence-corrected chi connectivity index (χ4v) is 2.28. The molecule has 0 radical (unpaired) electrons. The zero-order valence-electron chi connectivity index (χ0n) is 10.8. The molecule has 1 aromatic carbocycles. The molecule has 0 aromatic heterocycles. The lowest BCUT2D eigenvalue weighted by Gasteiger charge is -2.14. The maximum absolute atomic E-state index is 11.8. The molecule has 1 saturated heterocycles. The average Bonchev–Trinajstić information content (AvgIpc) is 2.87. The van der Waals surface area contributed by atoms with Crippen LogP contribution in [0.5, 0.6) is 0 Å². The number of hydrogen-bond donors (Lipinski definition) is 2. The van der Waals surface area contributed by atoms with Gasteiger partial charge >= 0.3 is 0 Å². The summed E-state index contributed by atoms with van der Waals surface area (Å²) in [6.07, 6.45) is 1.02. The molecule has 0 aliphatic carbocycles. The minimum Gasteiger partial charge on any atom is -0.330 e. The third-order valence-electron chi connectivity index (χ3n) is 3.36. The van der Waals surface area contributed by atoms with Crippen molar-refractivity contribution in [3.05, 3.63) is 35.9 Å². The van der Waals surface area contributed by atoms with E-state index in [0.717, 1.165) is 19.5 Å². The zero-order valence-corrected chi connectivity index (χ0v) is 10.8. The summed E-state index contributed by atoms with van der Waals surface area (Å²) in [5.74, 6) is -0.135. The fraction of sp³-hybridized carbons (Fsp3) is 0.429. The highest BCUT2D eigenvalue weighted by Crippen LogP contribution is 2.13. The zero-order chi connectivity index (χ0) is 13.7. The number of carbonyl (C=O) groups is 2. The molecule has 1 fully saturated rings. The Morgan fingerprint density at radius 2 is 2.05 bits per heavy atom. The molecule has 2 rings (SSSR count). The Morgan fingerprint density at radius 1 is 1.32 bits per heavy atom. The largest absolute Gasteiger partial charge is 0.330 e. The lowest BCUT2D eigenvalue weighted by molar-refractivity contribution is -0.121. The summed E-state index contributed by atoms with van der Waals surface area (Å²) >= 11 is 0. The van der Waals surface area contributed by atoms with Gasteiger partial charge in [-0.2, -0.15) is 0 Å². The highest BCUT2D eigenvalue weighted by Gasteiger charge is 2.23. The molecule has 19 heavy (non-hydrogen) atoms. The summed E-state index contributed by atoms with van der Waals surface area (Å²) in [7, 11) is 0. The van der Waals surface area contributed by atoms with Crippen molar-refractivity contribution >= 4 is 11.8 Å². The Balaban J connectivity index is 1.80. The van der Waals surface area contributed by atoms with Gasteiger partial charge < -0.3 is 5.73 Å². The fourth-order valence-electron chi connectivity index (χ4n) is 2.28. The molecule has 2 amide bonds. The van der Waals surface area contributed by atoms with Crippen molar-refractivity contribution in [1.29, 1.82) is 0 Å². The Labute approximate surface area is 112 Å². The molecule has 1 aliphatic heterocycles. The second-order valence-electron chi connectivity index (χ2n) is 4.87. The minimum atomic E-state index is -0.347. The van der Waals surface area contributed by atoms with E-state index in [9.17, 15) is 9.59 Å². The van der Waals surface area contributed by atoms with Gasteiger partial charge in [0, 0.05) is 12.1 Å². The van der Waals surface area contributed by atoms with Gasteiger partial charge in [-0.1, -0.05) is 18.2 Å². The number of likely N-dealkylation sites (tertiary alicyclic amines) is 1. The van der Waals surface area contributed by atoms with Gasteiger partial charge in [0.05, 0.1) is 6.54 Å². The standard InChI is InChI=1S/C14H19N3O2/c15-8-11-6-7-17(9-11)10-13(18)16-14(19)12-4-2-1-3-5-12/h1-5,11H,6-10,15H2,(H,16,18,19). The van der Waals surface area contributed by atoms with Gasteiger partial charge in [-0.3, -0.25) is 19.8 Å². The van der Waals surface area contributed by atoms with E-state index in [4.69, 9.17) is 5.73 Å². The third-order valence-corrected chi connectivity index (χ3v) is 3.36. The molecule has 5 nitrogen and oxygen atoms in total. The molecule has 102 valence electrons. The molecule has 1 atom stereocenters. The lowest BCUT2D eigenvalue weighted by Crippen LogP contribution is -2.39. The number of carbonyl (C=O) groups excluding carboxylic acids is 2. The normalized spacial score (nSPS) is 19.3. The van der Waals surface area contributed by atoms with E-state index >= 15 is 0 Å². The van der Waals surface area contributed by atoms with Crippen LogP contribution in [0.15, 0.2) is 30.3 Å². The van der Waals surface area contributed by atoms with Crippen molar-refractivity contribution in [2.75, 3.05) is 26.2 Å². The minimum absolute atomic E-state index is 0.258. The van der Waals surface area contributed by atoms with Crippen molar-refractivity contribution in [3.63, 3.8) is 0 Å². The average molecular weight is 261 g/mol. The molecule has 3 N–H and O–H groups in total. The Kier molecular flexibility index (Phi) is 4.65. The van der Waals surface area contributed by atoms with E-state index in [1.165, 1.54) is 0 Å². The number of nitrogens with two attached hydrogens (primary N) is 1. The van der Waals surface area contributed by atoms with Crippen molar-refractivity contribution in [2.45, 2.75) is 6.42 Å². The maximum Gasteiger partial charge on any atom is 0.257 e. The van der Waals surface area contributed by atoms with Gasteiger partial charge in [0.25, 0.3) is 5.91 Å². The molecule has 0 spiro atoms. The third kappa shape index (κ3) is 3.87. The van der Waals surface area contributed by atoms with E-state index in [2.05, 4.69) is 5.32 Å². The van der Waals surface area contributed by atoms with Crippen molar-refractivity contribution in [2.24, 2.45) is 11.7 Å². The van der Waals surface area contributed by atoms with Gasteiger partial charge in [0.2, 0.25) is 5.91 Å². The Bertz CT molecular complexity index is 447. The van der Waals surface area contributed by atoms with E-state index < -0.39 is 0 Å². The summed E-state index contributed by atoms with van der Waals surface area (Å²) in [5, 5.41) is 2.41. The summed E-state index contributed by atoms with van der Waals surface area (Å²) < 4.78 is 0. The van der Waals surface area contributed by atoms with Gasteiger partial charge in [-0.05, 0) is 37.6 Å². The van der Waals surface area contributed by atoms with Crippen molar-refractivity contribution in [1.82, 2.24) is 10.2 Å². The number of nitrogens with zero attached hydrogens (tertiary/aromatic N) is 1. The molecule has 0 saturated carbocycles. The number of rotatable bonds is 4. The van der Waals surface area contributed by atoms with Gasteiger partial charge in [-0.25, -0.2) is 0 Å². The molecule has 0 bridgehead atoms. The van der Waals surface area contributed by atoms with Crippen LogP contribution in [-0.4, -0.2) is 42.9 Å². The number of hydrogen-bond acceptors (Lipinski definition) is 4. The van der Waals surface area contributed by atoms with Crippen LogP contribution in [0.4, 0.5) is 0 Å². The van der Waals surface area contributed by atoms with Gasteiger partial charge in [0.15, 0.2) is 0 Å². The second-order valence-corrected chi connectivity index (χ2v) is 4.87. The van der Waals surface area contributed by atoms with E-state index in [1.54, 1.807) is 24.3 Å². The molecule has 5 heteroatoms.